The zero-order valence-electron chi connectivity index (χ0n) is 11.5. The van der Waals surface area contributed by atoms with Crippen LogP contribution in [0.5, 0.6) is 5.75 Å². The number of nitrogens with zero attached hydrogens (tertiary/aromatic N) is 2. The highest BCUT2D eigenvalue weighted by Crippen LogP contribution is 2.46. The smallest absolute Gasteiger partial charge is 0.192 e. The van der Waals surface area contributed by atoms with Crippen LogP contribution in [0.4, 0.5) is 0 Å². The fourth-order valence-electron chi connectivity index (χ4n) is 3.00. The van der Waals surface area contributed by atoms with Gasteiger partial charge in [-0.05, 0) is 31.4 Å². The van der Waals surface area contributed by atoms with Crippen LogP contribution >= 0.6 is 11.3 Å². The summed E-state index contributed by atoms with van der Waals surface area (Å²) >= 11 is 1.75. The molecule has 2 aromatic rings. The van der Waals surface area contributed by atoms with Gasteiger partial charge in [-0.2, -0.15) is 5.10 Å². The Labute approximate surface area is 122 Å². The molecule has 4 heteroatoms. The zero-order valence-corrected chi connectivity index (χ0v) is 12.4. The molecule has 0 saturated carbocycles. The summed E-state index contributed by atoms with van der Waals surface area (Å²) < 4.78 is 6.12. The summed E-state index contributed by atoms with van der Waals surface area (Å²) in [6.07, 6.45) is 0.949. The first-order chi connectivity index (χ1) is 9.65. The molecule has 1 atom stereocenters. The van der Waals surface area contributed by atoms with Gasteiger partial charge >= 0.3 is 0 Å². The Morgan fingerprint density at radius 1 is 1.25 bits per heavy atom. The van der Waals surface area contributed by atoms with E-state index in [9.17, 15) is 0 Å². The van der Waals surface area contributed by atoms with Crippen molar-refractivity contribution >= 4 is 17.0 Å². The second-order valence-electron chi connectivity index (χ2n) is 5.68. The van der Waals surface area contributed by atoms with E-state index in [2.05, 4.69) is 54.6 Å². The van der Waals surface area contributed by atoms with E-state index in [1.165, 1.54) is 16.2 Å². The average Bonchev–Trinajstić information content (AvgIpc) is 3.08. The third-order valence-electron chi connectivity index (χ3n) is 3.91. The van der Waals surface area contributed by atoms with Gasteiger partial charge in [-0.1, -0.05) is 24.3 Å². The molecule has 102 valence electrons. The van der Waals surface area contributed by atoms with E-state index in [-0.39, 0.29) is 6.04 Å². The van der Waals surface area contributed by atoms with Crippen LogP contribution in [0.15, 0.2) is 46.9 Å². The Hall–Kier alpha value is -1.81. The van der Waals surface area contributed by atoms with Crippen LogP contribution in [0.3, 0.4) is 0 Å². The summed E-state index contributed by atoms with van der Waals surface area (Å²) in [5.41, 5.74) is 2.00. The number of benzene rings is 1. The van der Waals surface area contributed by atoms with E-state index < -0.39 is 5.72 Å². The van der Waals surface area contributed by atoms with Crippen molar-refractivity contribution in [3.8, 4) is 5.75 Å². The van der Waals surface area contributed by atoms with E-state index in [0.717, 1.165) is 12.2 Å². The van der Waals surface area contributed by atoms with Gasteiger partial charge in [0, 0.05) is 12.0 Å². The summed E-state index contributed by atoms with van der Waals surface area (Å²) in [5.74, 6) is 0.987. The maximum absolute atomic E-state index is 6.12. The Bertz CT molecular complexity index is 676. The molecule has 0 radical (unpaired) electrons. The molecular formula is C16H16N2OS. The maximum Gasteiger partial charge on any atom is 0.192 e. The molecule has 2 aliphatic heterocycles. The normalized spacial score (nSPS) is 22.8. The van der Waals surface area contributed by atoms with E-state index in [1.54, 1.807) is 11.3 Å². The van der Waals surface area contributed by atoms with E-state index in [4.69, 9.17) is 9.84 Å². The first-order valence-electron chi connectivity index (χ1n) is 6.84. The standard InChI is InChI=1S/C16H16N2OS/c1-16(2)18-13(11-6-3-4-7-14(11)19-16)10-12(17-18)15-8-5-9-20-15/h3-9,13H,10H2,1-2H3/t13-/m0/s1. The first kappa shape index (κ1) is 12.0. The van der Waals surface area contributed by atoms with E-state index in [0.29, 0.717) is 0 Å². The third-order valence-corrected chi connectivity index (χ3v) is 4.82. The number of fused-ring (bicyclic) bond motifs is 3. The molecule has 2 aliphatic rings. The number of para-hydroxylation sites is 1. The van der Waals surface area contributed by atoms with Crippen molar-refractivity contribution in [3.05, 3.63) is 52.2 Å². The molecule has 3 heterocycles. The van der Waals surface area contributed by atoms with Crippen LogP contribution in [0.25, 0.3) is 0 Å². The molecular weight excluding hydrogens is 268 g/mol. The minimum absolute atomic E-state index is 0.284. The third kappa shape index (κ3) is 1.68. The Morgan fingerprint density at radius 2 is 2.10 bits per heavy atom. The number of hydrogen-bond acceptors (Lipinski definition) is 4. The maximum atomic E-state index is 6.12. The minimum Gasteiger partial charge on any atom is -0.467 e. The lowest BCUT2D eigenvalue weighted by Crippen LogP contribution is -2.48. The topological polar surface area (TPSA) is 24.8 Å². The summed E-state index contributed by atoms with van der Waals surface area (Å²) in [7, 11) is 0. The predicted molar refractivity (Wildman–Crippen MR) is 81.2 cm³/mol. The SMILES string of the molecule is CC1(C)Oc2ccccc2[C@@H]2CC(c3cccs3)=NN21. The van der Waals surface area contributed by atoms with E-state index in [1.807, 2.05) is 6.07 Å². The summed E-state index contributed by atoms with van der Waals surface area (Å²) in [6.45, 7) is 4.16. The van der Waals surface area contributed by atoms with Crippen molar-refractivity contribution in [2.45, 2.75) is 32.0 Å². The number of hydrogen-bond donors (Lipinski definition) is 0. The molecule has 3 nitrogen and oxygen atoms in total. The largest absolute Gasteiger partial charge is 0.467 e. The molecule has 1 aromatic carbocycles. The van der Waals surface area contributed by atoms with Crippen molar-refractivity contribution in [2.24, 2.45) is 5.10 Å². The van der Waals surface area contributed by atoms with Gasteiger partial charge in [0.1, 0.15) is 5.75 Å². The molecule has 0 aliphatic carbocycles. The summed E-state index contributed by atoms with van der Waals surface area (Å²) in [4.78, 5) is 1.26. The van der Waals surface area contributed by atoms with Gasteiger partial charge < -0.3 is 4.74 Å². The Balaban J connectivity index is 1.80. The van der Waals surface area contributed by atoms with Crippen molar-refractivity contribution in [2.75, 3.05) is 0 Å². The number of ether oxygens (including phenoxy) is 1. The lowest BCUT2D eigenvalue weighted by molar-refractivity contribution is -0.0911. The van der Waals surface area contributed by atoms with Crippen molar-refractivity contribution in [1.29, 1.82) is 0 Å². The average molecular weight is 284 g/mol. The zero-order chi connectivity index (χ0) is 13.7. The molecule has 0 fully saturated rings. The Morgan fingerprint density at radius 3 is 2.90 bits per heavy atom. The highest BCUT2D eigenvalue weighted by Gasteiger charge is 2.44. The fourth-order valence-corrected chi connectivity index (χ4v) is 3.73. The van der Waals surface area contributed by atoms with Crippen LogP contribution in [-0.2, 0) is 0 Å². The molecule has 0 saturated heterocycles. The van der Waals surface area contributed by atoms with Gasteiger partial charge in [0.15, 0.2) is 5.72 Å². The first-order valence-corrected chi connectivity index (χ1v) is 7.72. The molecule has 0 N–H and O–H groups in total. The molecule has 20 heavy (non-hydrogen) atoms. The highest BCUT2D eigenvalue weighted by molar-refractivity contribution is 7.12. The lowest BCUT2D eigenvalue weighted by atomic mass is 9.97. The molecule has 0 unspecified atom stereocenters. The van der Waals surface area contributed by atoms with Crippen LogP contribution in [0, 0.1) is 0 Å². The minimum atomic E-state index is -0.405. The van der Waals surface area contributed by atoms with E-state index >= 15 is 0 Å². The summed E-state index contributed by atoms with van der Waals surface area (Å²) in [5, 5.41) is 9.06. The predicted octanol–water partition coefficient (Wildman–Crippen LogP) is 4.03. The van der Waals surface area contributed by atoms with Crippen LogP contribution in [-0.4, -0.2) is 16.4 Å². The van der Waals surface area contributed by atoms with Crippen molar-refractivity contribution in [1.82, 2.24) is 5.01 Å². The summed E-state index contributed by atoms with van der Waals surface area (Å²) in [6, 6.07) is 12.8. The molecule has 0 bridgehead atoms. The number of rotatable bonds is 1. The van der Waals surface area contributed by atoms with Gasteiger partial charge in [-0.3, -0.25) is 0 Å². The molecule has 0 spiro atoms. The molecule has 4 rings (SSSR count). The number of hydrazone groups is 1. The quantitative estimate of drug-likeness (QED) is 0.790. The lowest BCUT2D eigenvalue weighted by Gasteiger charge is -2.43. The van der Waals surface area contributed by atoms with Gasteiger partial charge in [0.2, 0.25) is 0 Å². The van der Waals surface area contributed by atoms with Crippen molar-refractivity contribution in [3.63, 3.8) is 0 Å². The highest BCUT2D eigenvalue weighted by atomic mass is 32.1. The Kier molecular flexibility index (Phi) is 2.45. The monoisotopic (exact) mass is 284 g/mol. The van der Waals surface area contributed by atoms with Gasteiger partial charge in [-0.15, -0.1) is 11.3 Å². The van der Waals surface area contributed by atoms with Crippen LogP contribution < -0.4 is 4.74 Å². The molecule has 0 amide bonds. The van der Waals surface area contributed by atoms with Gasteiger partial charge in [0.05, 0.1) is 16.6 Å². The fraction of sp³-hybridized carbons (Fsp3) is 0.312. The molecule has 1 aromatic heterocycles. The second-order valence-corrected chi connectivity index (χ2v) is 6.62. The number of thiophene rings is 1. The van der Waals surface area contributed by atoms with Crippen LogP contribution in [0.1, 0.15) is 36.8 Å². The second kappa shape index (κ2) is 4.09. The van der Waals surface area contributed by atoms with Crippen molar-refractivity contribution < 1.29 is 4.74 Å². The van der Waals surface area contributed by atoms with Gasteiger partial charge in [0.25, 0.3) is 0 Å². The van der Waals surface area contributed by atoms with Crippen LogP contribution in [0.2, 0.25) is 0 Å². The van der Waals surface area contributed by atoms with Gasteiger partial charge in [-0.25, -0.2) is 5.01 Å².